The van der Waals surface area contributed by atoms with Crippen molar-refractivity contribution in [3.8, 4) is 0 Å². The molecule has 0 aromatic heterocycles. The van der Waals surface area contributed by atoms with Gasteiger partial charge in [-0.05, 0) is 25.3 Å². The largest absolute Gasteiger partial charge is 0.329 e. The summed E-state index contributed by atoms with van der Waals surface area (Å²) in [7, 11) is -3.89. The predicted octanol–water partition coefficient (Wildman–Crippen LogP) is 1.02. The van der Waals surface area contributed by atoms with Crippen molar-refractivity contribution in [2.24, 2.45) is 5.73 Å². The summed E-state index contributed by atoms with van der Waals surface area (Å²) in [5.74, 6) is 0. The van der Waals surface area contributed by atoms with Crippen molar-refractivity contribution in [2.75, 3.05) is 13.1 Å². The summed E-state index contributed by atoms with van der Waals surface area (Å²) in [5.41, 5.74) is 5.59. The Morgan fingerprint density at radius 1 is 1.50 bits per heavy atom. The maximum absolute atomic E-state index is 12.7. The van der Waals surface area contributed by atoms with Gasteiger partial charge in [0.15, 0.2) is 4.90 Å². The van der Waals surface area contributed by atoms with Crippen molar-refractivity contribution in [2.45, 2.75) is 30.7 Å². The molecular formula is C12H17N3O4S. The van der Waals surface area contributed by atoms with Crippen molar-refractivity contribution in [1.82, 2.24) is 4.31 Å². The summed E-state index contributed by atoms with van der Waals surface area (Å²) in [4.78, 5) is 10.2. The highest BCUT2D eigenvalue weighted by Gasteiger charge is 2.39. The molecule has 1 heterocycles. The number of sulfonamides is 1. The summed E-state index contributed by atoms with van der Waals surface area (Å²) in [6, 6.07) is 3.98. The first-order valence-electron chi connectivity index (χ1n) is 6.35. The molecule has 1 atom stereocenters. The Bertz CT molecular complexity index is 630. The molecule has 0 aliphatic carbocycles. The maximum atomic E-state index is 12.7. The number of benzene rings is 1. The van der Waals surface area contributed by atoms with Gasteiger partial charge in [-0.2, -0.15) is 4.31 Å². The number of hydrogen-bond acceptors (Lipinski definition) is 5. The van der Waals surface area contributed by atoms with E-state index in [-0.39, 0.29) is 23.2 Å². The third-order valence-electron chi connectivity index (χ3n) is 3.55. The van der Waals surface area contributed by atoms with E-state index in [2.05, 4.69) is 0 Å². The number of aryl methyl sites for hydroxylation is 1. The van der Waals surface area contributed by atoms with E-state index in [4.69, 9.17) is 5.73 Å². The van der Waals surface area contributed by atoms with Crippen LogP contribution >= 0.6 is 0 Å². The van der Waals surface area contributed by atoms with Gasteiger partial charge in [0.05, 0.1) is 4.92 Å². The third kappa shape index (κ3) is 2.41. The Morgan fingerprint density at radius 2 is 2.20 bits per heavy atom. The minimum atomic E-state index is -3.89. The SMILES string of the molecule is Cc1cccc([N+](=O)[O-])c1S(=O)(=O)N1CCCC1CN. The molecule has 110 valence electrons. The normalized spacial score (nSPS) is 20.2. The lowest BCUT2D eigenvalue weighted by molar-refractivity contribution is -0.387. The number of rotatable bonds is 4. The van der Waals surface area contributed by atoms with Gasteiger partial charge in [0.1, 0.15) is 0 Å². The van der Waals surface area contributed by atoms with Crippen LogP contribution in [0.2, 0.25) is 0 Å². The van der Waals surface area contributed by atoms with Gasteiger partial charge in [0.2, 0.25) is 10.0 Å². The molecule has 20 heavy (non-hydrogen) atoms. The second kappa shape index (κ2) is 5.47. The molecular weight excluding hydrogens is 282 g/mol. The van der Waals surface area contributed by atoms with Crippen LogP contribution in [0.5, 0.6) is 0 Å². The molecule has 2 rings (SSSR count). The van der Waals surface area contributed by atoms with Crippen LogP contribution in [0.15, 0.2) is 23.1 Å². The molecule has 1 aromatic rings. The number of nitrogens with two attached hydrogens (primary N) is 1. The van der Waals surface area contributed by atoms with Gasteiger partial charge in [-0.25, -0.2) is 8.42 Å². The molecule has 1 aromatic carbocycles. The Morgan fingerprint density at radius 3 is 2.80 bits per heavy atom. The number of hydrogen-bond donors (Lipinski definition) is 1. The fourth-order valence-corrected chi connectivity index (χ4v) is 4.66. The van der Waals surface area contributed by atoms with Crippen molar-refractivity contribution in [1.29, 1.82) is 0 Å². The minimum absolute atomic E-state index is 0.217. The second-order valence-corrected chi connectivity index (χ2v) is 6.66. The van der Waals surface area contributed by atoms with E-state index < -0.39 is 14.9 Å². The summed E-state index contributed by atoms with van der Waals surface area (Å²) < 4.78 is 26.7. The Kier molecular flexibility index (Phi) is 4.07. The summed E-state index contributed by atoms with van der Waals surface area (Å²) in [6.07, 6.45) is 1.41. The van der Waals surface area contributed by atoms with Gasteiger partial charge in [0, 0.05) is 25.2 Å². The highest BCUT2D eigenvalue weighted by molar-refractivity contribution is 7.89. The van der Waals surface area contributed by atoms with Crippen LogP contribution in [0.1, 0.15) is 18.4 Å². The van der Waals surface area contributed by atoms with Crippen LogP contribution in [-0.4, -0.2) is 36.8 Å². The fourth-order valence-electron chi connectivity index (χ4n) is 2.59. The molecule has 1 aliphatic rings. The van der Waals surface area contributed by atoms with Gasteiger partial charge < -0.3 is 5.73 Å². The Labute approximate surface area is 117 Å². The first kappa shape index (κ1) is 14.9. The van der Waals surface area contributed by atoms with Crippen LogP contribution in [0.4, 0.5) is 5.69 Å². The first-order chi connectivity index (χ1) is 9.39. The van der Waals surface area contributed by atoms with E-state index in [1.165, 1.54) is 16.4 Å². The predicted molar refractivity (Wildman–Crippen MR) is 73.8 cm³/mol. The summed E-state index contributed by atoms with van der Waals surface area (Å²) in [6.45, 7) is 2.14. The zero-order valence-corrected chi connectivity index (χ0v) is 12.0. The Hall–Kier alpha value is -1.51. The van der Waals surface area contributed by atoms with Crippen molar-refractivity contribution >= 4 is 15.7 Å². The average molecular weight is 299 g/mol. The molecule has 7 nitrogen and oxygen atoms in total. The highest BCUT2D eigenvalue weighted by atomic mass is 32.2. The minimum Gasteiger partial charge on any atom is -0.329 e. The van der Waals surface area contributed by atoms with Crippen molar-refractivity contribution in [3.05, 3.63) is 33.9 Å². The quantitative estimate of drug-likeness (QED) is 0.659. The van der Waals surface area contributed by atoms with Crippen LogP contribution < -0.4 is 5.73 Å². The molecule has 1 unspecified atom stereocenters. The fraction of sp³-hybridized carbons (Fsp3) is 0.500. The van der Waals surface area contributed by atoms with E-state index >= 15 is 0 Å². The van der Waals surface area contributed by atoms with E-state index in [0.29, 0.717) is 18.5 Å². The molecule has 1 aliphatic heterocycles. The number of nitro benzene ring substituents is 1. The van der Waals surface area contributed by atoms with Crippen LogP contribution in [0, 0.1) is 17.0 Å². The van der Waals surface area contributed by atoms with Crippen LogP contribution in [0.3, 0.4) is 0 Å². The molecule has 1 saturated heterocycles. The van der Waals surface area contributed by atoms with E-state index in [0.717, 1.165) is 6.42 Å². The van der Waals surface area contributed by atoms with Gasteiger partial charge >= 0.3 is 0 Å². The number of nitrogens with zero attached hydrogens (tertiary/aromatic N) is 2. The third-order valence-corrected chi connectivity index (χ3v) is 5.69. The van der Waals surface area contributed by atoms with Gasteiger partial charge in [0.25, 0.3) is 5.69 Å². The van der Waals surface area contributed by atoms with E-state index in [1.807, 2.05) is 0 Å². The first-order valence-corrected chi connectivity index (χ1v) is 7.79. The zero-order valence-electron chi connectivity index (χ0n) is 11.2. The summed E-state index contributed by atoms with van der Waals surface area (Å²) in [5, 5.41) is 11.1. The zero-order chi connectivity index (χ0) is 14.9. The lowest BCUT2D eigenvalue weighted by atomic mass is 10.2. The van der Waals surface area contributed by atoms with Crippen molar-refractivity contribution in [3.63, 3.8) is 0 Å². The molecule has 8 heteroatoms. The Balaban J connectivity index is 2.58. The maximum Gasteiger partial charge on any atom is 0.289 e. The number of nitro groups is 1. The molecule has 1 fully saturated rings. The lowest BCUT2D eigenvalue weighted by Crippen LogP contribution is -2.40. The van der Waals surface area contributed by atoms with Crippen LogP contribution in [0.25, 0.3) is 0 Å². The molecule has 0 bridgehead atoms. The van der Waals surface area contributed by atoms with Crippen molar-refractivity contribution < 1.29 is 13.3 Å². The molecule has 2 N–H and O–H groups in total. The second-order valence-electron chi connectivity index (χ2n) is 4.83. The van der Waals surface area contributed by atoms with Gasteiger partial charge in [-0.3, -0.25) is 10.1 Å². The van der Waals surface area contributed by atoms with E-state index in [1.54, 1.807) is 13.0 Å². The monoisotopic (exact) mass is 299 g/mol. The van der Waals surface area contributed by atoms with Crippen LogP contribution in [-0.2, 0) is 10.0 Å². The van der Waals surface area contributed by atoms with E-state index in [9.17, 15) is 18.5 Å². The standard InChI is InChI=1S/C12H17N3O4S/c1-9-4-2-6-11(15(16)17)12(9)20(18,19)14-7-3-5-10(14)8-13/h2,4,6,10H,3,5,7-8,13H2,1H3. The smallest absolute Gasteiger partial charge is 0.289 e. The molecule has 0 saturated carbocycles. The lowest BCUT2D eigenvalue weighted by Gasteiger charge is -2.23. The van der Waals surface area contributed by atoms with Gasteiger partial charge in [-0.1, -0.05) is 12.1 Å². The molecule has 0 amide bonds. The van der Waals surface area contributed by atoms with Gasteiger partial charge in [-0.15, -0.1) is 0 Å². The summed E-state index contributed by atoms with van der Waals surface area (Å²) >= 11 is 0. The molecule has 0 spiro atoms. The average Bonchev–Trinajstić information content (AvgIpc) is 2.87. The highest BCUT2D eigenvalue weighted by Crippen LogP contribution is 2.33. The topological polar surface area (TPSA) is 107 Å². The molecule has 0 radical (unpaired) electrons.